The molecular formula is C19H29F7O8S. The van der Waals surface area contributed by atoms with Crippen molar-refractivity contribution in [3.05, 3.63) is 0 Å². The fraction of sp³-hybridized carbons (Fsp3) is 0.895. The zero-order valence-corrected chi connectivity index (χ0v) is 20.9. The molecule has 208 valence electrons. The Bertz CT molecular complexity index is 877. The van der Waals surface area contributed by atoms with E-state index in [1.54, 1.807) is 13.8 Å². The molecule has 16 heteroatoms. The van der Waals surface area contributed by atoms with Gasteiger partial charge in [0.05, 0.1) is 12.0 Å². The summed E-state index contributed by atoms with van der Waals surface area (Å²) < 4.78 is 139. The second kappa shape index (κ2) is 10.4. The Hall–Kier alpha value is -1.68. The largest absolute Gasteiger partial charge is 0.468 e. The summed E-state index contributed by atoms with van der Waals surface area (Å²) in [5.41, 5.74) is -3.29. The second-order valence-corrected chi connectivity index (χ2v) is 11.2. The van der Waals surface area contributed by atoms with Gasteiger partial charge in [-0.15, -0.1) is 0 Å². The first kappa shape index (κ1) is 33.3. The minimum Gasteiger partial charge on any atom is -0.455 e. The average Bonchev–Trinajstić information content (AvgIpc) is 2.55. The van der Waals surface area contributed by atoms with Crippen LogP contribution < -0.4 is 0 Å². The first-order chi connectivity index (χ1) is 15.1. The molecule has 0 aromatic rings. The van der Waals surface area contributed by atoms with Crippen LogP contribution in [0.2, 0.25) is 0 Å². The standard InChI is InChI=1S/C19H29F7O8S/c1-11(2)10-15(6,7)12(27)34-17(18(22,23)24,13(28)33-14(3,4)5)32-9-8-16(20,21)19(25,26)35(29,30)31/h11H,8-10H2,1-7H3,(H,29,30,31). The van der Waals surface area contributed by atoms with Gasteiger partial charge in [-0.3, -0.25) is 9.35 Å². The molecule has 1 unspecified atom stereocenters. The number of ether oxygens (including phenoxy) is 3. The zero-order valence-electron chi connectivity index (χ0n) is 20.1. The molecule has 0 saturated carbocycles. The van der Waals surface area contributed by atoms with Crippen LogP contribution in [0.15, 0.2) is 0 Å². The van der Waals surface area contributed by atoms with E-state index in [2.05, 4.69) is 14.2 Å². The van der Waals surface area contributed by atoms with Gasteiger partial charge < -0.3 is 14.2 Å². The van der Waals surface area contributed by atoms with Crippen LogP contribution in [0.5, 0.6) is 0 Å². The van der Waals surface area contributed by atoms with Crippen LogP contribution in [0.1, 0.15) is 61.3 Å². The molecule has 0 aromatic heterocycles. The summed E-state index contributed by atoms with van der Waals surface area (Å²) in [6.07, 6.45) is -8.44. The highest BCUT2D eigenvalue weighted by molar-refractivity contribution is 7.87. The Kier molecular flexibility index (Phi) is 9.86. The number of carbonyl (C=O) groups excluding carboxylic acids is 2. The van der Waals surface area contributed by atoms with E-state index in [-0.39, 0.29) is 12.3 Å². The second-order valence-electron chi connectivity index (χ2n) is 9.78. The van der Waals surface area contributed by atoms with Gasteiger partial charge in [0.25, 0.3) is 0 Å². The van der Waals surface area contributed by atoms with Crippen molar-refractivity contribution in [3.8, 4) is 0 Å². The Labute approximate surface area is 198 Å². The smallest absolute Gasteiger partial charge is 0.455 e. The van der Waals surface area contributed by atoms with Gasteiger partial charge >= 0.3 is 45.2 Å². The van der Waals surface area contributed by atoms with E-state index in [4.69, 9.17) is 4.55 Å². The number of hydrogen-bond donors (Lipinski definition) is 1. The molecule has 0 rings (SSSR count). The van der Waals surface area contributed by atoms with Crippen molar-refractivity contribution in [3.63, 3.8) is 0 Å². The molecule has 0 spiro atoms. The normalized spacial score (nSPS) is 16.1. The van der Waals surface area contributed by atoms with Crippen molar-refractivity contribution >= 4 is 22.1 Å². The van der Waals surface area contributed by atoms with Crippen LogP contribution in [0.4, 0.5) is 30.7 Å². The molecule has 8 nitrogen and oxygen atoms in total. The van der Waals surface area contributed by atoms with Crippen LogP contribution in [0.25, 0.3) is 0 Å². The molecule has 0 aliphatic heterocycles. The minimum atomic E-state index is -6.68. The quantitative estimate of drug-likeness (QED) is 0.170. The molecule has 0 aromatic carbocycles. The summed E-state index contributed by atoms with van der Waals surface area (Å²) in [5.74, 6) is -14.6. The molecule has 0 radical (unpaired) electrons. The number of halogens is 7. The summed E-state index contributed by atoms with van der Waals surface area (Å²) in [7, 11) is -6.68. The molecule has 1 N–H and O–H groups in total. The lowest BCUT2D eigenvalue weighted by molar-refractivity contribution is -0.362. The molecule has 0 bridgehead atoms. The fourth-order valence-electron chi connectivity index (χ4n) is 2.76. The lowest BCUT2D eigenvalue weighted by Gasteiger charge is -2.37. The molecule has 0 aliphatic carbocycles. The average molecular weight is 550 g/mol. The number of alkyl halides is 7. The fourth-order valence-corrected chi connectivity index (χ4v) is 3.24. The molecule has 1 atom stereocenters. The number of hydrogen-bond acceptors (Lipinski definition) is 7. The maximum absolute atomic E-state index is 14.1. The molecular weight excluding hydrogens is 521 g/mol. The predicted octanol–water partition coefficient (Wildman–Crippen LogP) is 4.72. The monoisotopic (exact) mass is 550 g/mol. The highest BCUT2D eigenvalue weighted by atomic mass is 32.2. The van der Waals surface area contributed by atoms with Gasteiger partial charge in [0.15, 0.2) is 0 Å². The maximum Gasteiger partial charge on any atom is 0.468 e. The third-order valence-corrected chi connectivity index (χ3v) is 5.17. The summed E-state index contributed by atoms with van der Waals surface area (Å²) in [5, 5.41) is -6.11. The number of esters is 2. The van der Waals surface area contributed by atoms with Crippen molar-refractivity contribution in [1.29, 1.82) is 0 Å². The maximum atomic E-state index is 14.1. The van der Waals surface area contributed by atoms with E-state index in [1.165, 1.54) is 13.8 Å². The zero-order chi connectivity index (χ0) is 28.5. The van der Waals surface area contributed by atoms with E-state index in [0.29, 0.717) is 0 Å². The lowest BCUT2D eigenvalue weighted by atomic mass is 9.84. The van der Waals surface area contributed by atoms with Crippen LogP contribution >= 0.6 is 0 Å². The van der Waals surface area contributed by atoms with Gasteiger partial charge in [0, 0.05) is 6.42 Å². The number of rotatable bonds is 11. The van der Waals surface area contributed by atoms with Gasteiger partial charge in [-0.25, -0.2) is 4.79 Å². The minimum absolute atomic E-state index is 0.0489. The van der Waals surface area contributed by atoms with E-state index < -0.39 is 69.2 Å². The van der Waals surface area contributed by atoms with Gasteiger partial charge in [-0.1, -0.05) is 13.8 Å². The van der Waals surface area contributed by atoms with E-state index >= 15 is 0 Å². The highest BCUT2D eigenvalue weighted by Crippen LogP contribution is 2.43. The molecule has 0 saturated heterocycles. The van der Waals surface area contributed by atoms with Crippen molar-refractivity contribution in [1.82, 2.24) is 0 Å². The van der Waals surface area contributed by atoms with E-state index in [1.807, 2.05) is 0 Å². The van der Waals surface area contributed by atoms with E-state index in [9.17, 15) is 48.7 Å². The topological polar surface area (TPSA) is 116 Å². The molecule has 0 amide bonds. The van der Waals surface area contributed by atoms with Gasteiger partial charge in [0.2, 0.25) is 0 Å². The molecule has 0 aliphatic rings. The summed E-state index contributed by atoms with van der Waals surface area (Å²) in [6, 6.07) is 0. The van der Waals surface area contributed by atoms with Crippen LogP contribution in [0.3, 0.4) is 0 Å². The van der Waals surface area contributed by atoms with Crippen molar-refractivity contribution < 1.29 is 67.5 Å². The third kappa shape index (κ3) is 8.17. The molecule has 35 heavy (non-hydrogen) atoms. The highest BCUT2D eigenvalue weighted by Gasteiger charge is 2.70. The Morgan fingerprint density at radius 2 is 1.31 bits per heavy atom. The first-order valence-corrected chi connectivity index (χ1v) is 11.5. The van der Waals surface area contributed by atoms with Crippen molar-refractivity contribution in [2.24, 2.45) is 11.3 Å². The Balaban J connectivity index is 6.39. The van der Waals surface area contributed by atoms with Gasteiger partial charge in [-0.05, 0) is 47.0 Å². The first-order valence-electron chi connectivity index (χ1n) is 10.0. The SMILES string of the molecule is CC(C)CC(C)(C)C(=O)OC(OCCC(F)(F)C(F)(F)S(=O)(=O)O)(C(=O)OC(C)(C)C)C(F)(F)F. The van der Waals surface area contributed by atoms with E-state index in [0.717, 1.165) is 20.8 Å². The third-order valence-electron chi connectivity index (χ3n) is 4.22. The summed E-state index contributed by atoms with van der Waals surface area (Å²) in [4.78, 5) is 25.1. The van der Waals surface area contributed by atoms with Gasteiger partial charge in [0.1, 0.15) is 5.60 Å². The number of carbonyl (C=O) groups is 2. The van der Waals surface area contributed by atoms with Crippen molar-refractivity contribution in [2.45, 2.75) is 90.0 Å². The van der Waals surface area contributed by atoms with Gasteiger partial charge in [-0.2, -0.15) is 39.2 Å². The van der Waals surface area contributed by atoms with Crippen LogP contribution in [-0.4, -0.2) is 60.3 Å². The lowest BCUT2D eigenvalue weighted by Crippen LogP contribution is -2.60. The predicted molar refractivity (Wildman–Crippen MR) is 106 cm³/mol. The van der Waals surface area contributed by atoms with Crippen molar-refractivity contribution in [2.75, 3.05) is 6.61 Å². The Morgan fingerprint density at radius 1 is 0.857 bits per heavy atom. The van der Waals surface area contributed by atoms with Crippen LogP contribution in [0, 0.1) is 11.3 Å². The summed E-state index contributed by atoms with van der Waals surface area (Å²) in [6.45, 7) is 6.88. The summed E-state index contributed by atoms with van der Waals surface area (Å²) >= 11 is 0. The van der Waals surface area contributed by atoms with Crippen LogP contribution in [-0.2, 0) is 33.9 Å². The Morgan fingerprint density at radius 3 is 1.66 bits per heavy atom. The molecule has 0 heterocycles. The molecule has 0 fully saturated rings.